The first-order valence-electron chi connectivity index (χ1n) is 50.3. The lowest BCUT2D eigenvalue weighted by Crippen LogP contribution is -2.58. The van der Waals surface area contributed by atoms with Gasteiger partial charge in [0.2, 0.25) is 17.7 Å². The van der Waals surface area contributed by atoms with Crippen LogP contribution < -0.4 is 16.0 Å². The Morgan fingerprint density at radius 2 is 0.667 bits per heavy atom. The van der Waals surface area contributed by atoms with Crippen LogP contribution in [-0.4, -0.2) is 142 Å². The van der Waals surface area contributed by atoms with Crippen molar-refractivity contribution in [1.82, 2.24) is 16.0 Å². The number of carbonyl (C=O) groups is 6. The summed E-state index contributed by atoms with van der Waals surface area (Å²) in [6, 6.07) is 0. The van der Waals surface area contributed by atoms with E-state index >= 15 is 0 Å². The standard InChI is InChI=1S/C102H171N3O15/c1-64(25-36-86(109)110)74-30-34-78-89-80(42-47-100(74,78)10)98(8)45-40-71(56-68(98)58-83(89)106)119-53-23-17-14-20-50-104-92(116)95(5)61-94(4,91(115)103-49-19-13-16-22-52-118-70-39-44-97(7)67(55-70)28-29-73-77-33-32-76(66(3)27-38-88(113)114)102(77,12)85(108)60-82(73)97)62-96(6,63-95)93(117)105-51-21-15-18-24-54-120-72-41-46-99(9)69(57-72)59-84(107)90-79-35-31-75(65(2)26-37-87(111)112)101(79,11)48-43-81(90)99/h64-85,89-90,106-108H,13-63H2,1-12H3,(H,103,115)(H,104,116)(H,105,117)(H,109,110)(H,111,112)(H,113,114)/t64-,65-,66-,67-,68+,69+,70+,71+,72+,73+,74-,75-,76-,77+,78+,79+,80+,81+,82+,83-,84-,85+,89+,90+,94?,95?,96?,97+,98+,99+,100-,101-,102-/m1/s1. The van der Waals surface area contributed by atoms with Crippen molar-refractivity contribution in [2.45, 2.75) is 409 Å². The van der Waals surface area contributed by atoms with Gasteiger partial charge < -0.3 is 60.8 Å². The Labute approximate surface area is 724 Å². The van der Waals surface area contributed by atoms with Gasteiger partial charge in [0, 0.05) is 75.0 Å². The number of unbranched alkanes of at least 4 members (excludes halogenated alkanes) is 9. The zero-order chi connectivity index (χ0) is 86.1. The third-order valence-corrected chi connectivity index (χ3v) is 39.8. The summed E-state index contributed by atoms with van der Waals surface area (Å²) in [7, 11) is 0. The minimum Gasteiger partial charge on any atom is -0.481 e. The monoisotopic (exact) mass is 1680 g/mol. The number of fused-ring (bicyclic) bond motifs is 15. The maximum absolute atomic E-state index is 14.8. The number of ether oxygens (including phenoxy) is 3. The lowest BCUT2D eigenvalue weighted by atomic mass is 9.43. The maximum Gasteiger partial charge on any atom is 0.303 e. The lowest BCUT2D eigenvalue weighted by molar-refractivity contribution is -0.178. The predicted molar refractivity (Wildman–Crippen MR) is 470 cm³/mol. The van der Waals surface area contributed by atoms with Gasteiger partial charge in [-0.2, -0.15) is 0 Å². The molecule has 18 heteroatoms. The smallest absolute Gasteiger partial charge is 0.303 e. The second-order valence-electron chi connectivity index (χ2n) is 46.8. The van der Waals surface area contributed by atoms with Crippen LogP contribution in [0.3, 0.4) is 0 Å². The molecule has 18 nitrogen and oxygen atoms in total. The summed E-state index contributed by atoms with van der Waals surface area (Å²) >= 11 is 0. The van der Waals surface area contributed by atoms with Crippen molar-refractivity contribution in [2.75, 3.05) is 39.5 Å². The number of carbonyl (C=O) groups excluding carboxylic acids is 3. The van der Waals surface area contributed by atoms with E-state index in [0.29, 0.717) is 165 Å². The molecule has 684 valence electrons. The highest BCUT2D eigenvalue weighted by Gasteiger charge is 2.68. The van der Waals surface area contributed by atoms with Crippen molar-refractivity contribution in [3.8, 4) is 0 Å². The molecule has 0 bridgehead atoms. The normalized spacial score (nSPS) is 44.4. The van der Waals surface area contributed by atoms with E-state index in [1.54, 1.807) is 0 Å². The van der Waals surface area contributed by atoms with E-state index in [1.165, 1.54) is 25.7 Å². The molecule has 9 N–H and O–H groups in total. The Kier molecular flexibility index (Phi) is 30.5. The van der Waals surface area contributed by atoms with Crippen LogP contribution in [0.15, 0.2) is 0 Å². The number of carboxylic acid groups (broad SMARTS) is 3. The second-order valence-corrected chi connectivity index (χ2v) is 46.8. The van der Waals surface area contributed by atoms with Gasteiger partial charge in [0.05, 0.1) is 36.6 Å². The molecule has 0 aromatic heterocycles. The Balaban J connectivity index is 0.541. The van der Waals surface area contributed by atoms with Crippen molar-refractivity contribution in [3.05, 3.63) is 0 Å². The molecule has 0 saturated heterocycles. The molecular formula is C102H171N3O15. The van der Waals surface area contributed by atoms with Crippen LogP contribution in [0.25, 0.3) is 0 Å². The van der Waals surface area contributed by atoms with Crippen LogP contribution in [0.1, 0.15) is 372 Å². The zero-order valence-electron chi connectivity index (χ0n) is 77.3. The van der Waals surface area contributed by atoms with Gasteiger partial charge in [0.1, 0.15) is 0 Å². The van der Waals surface area contributed by atoms with Crippen LogP contribution in [0, 0.1) is 155 Å². The van der Waals surface area contributed by atoms with Gasteiger partial charge in [0.15, 0.2) is 0 Å². The number of aliphatic hydroxyl groups excluding tert-OH is 3. The molecule has 13 aliphatic rings. The third-order valence-electron chi connectivity index (χ3n) is 39.8. The van der Waals surface area contributed by atoms with Gasteiger partial charge in [-0.05, 0) is 370 Å². The van der Waals surface area contributed by atoms with Gasteiger partial charge in [-0.3, -0.25) is 28.8 Å². The fourth-order valence-electron chi connectivity index (χ4n) is 33.6. The number of hydrogen-bond acceptors (Lipinski definition) is 12. The van der Waals surface area contributed by atoms with Crippen molar-refractivity contribution in [1.29, 1.82) is 0 Å². The lowest BCUT2D eigenvalue weighted by Gasteiger charge is -2.62. The minimum atomic E-state index is -0.961. The highest BCUT2D eigenvalue weighted by Crippen LogP contribution is 2.73. The molecular weight excluding hydrogens is 1510 g/mol. The van der Waals surface area contributed by atoms with Crippen LogP contribution in [0.5, 0.6) is 0 Å². The largest absolute Gasteiger partial charge is 0.481 e. The molecule has 0 heterocycles. The number of aliphatic hydroxyl groups is 3. The first-order valence-corrected chi connectivity index (χ1v) is 50.3. The van der Waals surface area contributed by atoms with Gasteiger partial charge in [-0.1, -0.05) is 122 Å². The van der Waals surface area contributed by atoms with Crippen molar-refractivity contribution in [3.63, 3.8) is 0 Å². The number of nitrogens with one attached hydrogen (secondary N) is 3. The molecule has 13 rings (SSSR count). The summed E-state index contributed by atoms with van der Waals surface area (Å²) in [5, 5.41) is 74.6. The van der Waals surface area contributed by atoms with Gasteiger partial charge in [-0.25, -0.2) is 0 Å². The first kappa shape index (κ1) is 94.2. The molecule has 13 fully saturated rings. The van der Waals surface area contributed by atoms with E-state index in [-0.39, 0.29) is 106 Å². The molecule has 2 unspecified atom stereocenters. The average molecular weight is 1680 g/mol. The van der Waals surface area contributed by atoms with Crippen LogP contribution >= 0.6 is 0 Å². The maximum atomic E-state index is 14.8. The topological polar surface area (TPSA) is 288 Å². The van der Waals surface area contributed by atoms with E-state index in [0.717, 1.165) is 225 Å². The molecule has 13 aliphatic carbocycles. The molecule has 3 amide bonds. The van der Waals surface area contributed by atoms with Crippen LogP contribution in [-0.2, 0) is 43.0 Å². The van der Waals surface area contributed by atoms with Crippen molar-refractivity contribution in [2.24, 2.45) is 155 Å². The van der Waals surface area contributed by atoms with E-state index in [4.69, 9.17) is 14.2 Å². The Morgan fingerprint density at radius 3 is 1.05 bits per heavy atom. The van der Waals surface area contributed by atoms with Crippen molar-refractivity contribution < 1.29 is 73.6 Å². The highest BCUT2D eigenvalue weighted by atomic mass is 16.5. The second kappa shape index (κ2) is 38.9. The molecule has 0 aromatic rings. The minimum absolute atomic E-state index is 0.0904. The molecule has 0 aromatic carbocycles. The zero-order valence-corrected chi connectivity index (χ0v) is 77.3. The van der Waals surface area contributed by atoms with E-state index in [1.807, 2.05) is 20.8 Å². The average Bonchev–Trinajstić information content (AvgIpc) is 1.62. The number of rotatable bonds is 39. The number of aliphatic carboxylic acids is 3. The Hall–Kier alpha value is -3.42. The predicted octanol–water partition coefficient (Wildman–Crippen LogP) is 19.8. The Bertz CT molecular complexity index is 3320. The van der Waals surface area contributed by atoms with Gasteiger partial charge >= 0.3 is 17.9 Å². The van der Waals surface area contributed by atoms with Gasteiger partial charge in [-0.15, -0.1) is 0 Å². The van der Waals surface area contributed by atoms with Crippen LogP contribution in [0.4, 0.5) is 0 Å². The molecule has 0 aliphatic heterocycles. The van der Waals surface area contributed by atoms with Crippen molar-refractivity contribution >= 4 is 35.6 Å². The fraction of sp³-hybridized carbons (Fsp3) is 0.941. The molecule has 32 atom stereocenters. The SMILES string of the molecule is C[C@H](CCC(=O)O)[C@H]1CC[C@H]2[C@@H]3[C@H](O)C[C@@H]4C[C@@H](OCCCCCCNC(=O)C5(C)CC(C)(C(=O)NCCCCCCO[C@H]6CC[C@@]7(C)[C@H](CC[C@@H]8[C@@H]7C[C@H](O)[C@]7(C)[C@@H]([C@H](C)CCC(=O)O)CC[C@@H]87)C6)CC(C)(C(=O)NCCCCCCO[C@H]6CC[C@@]7(C)[C@@H](C6)C[C@@H](O)[C@@H]6[C@@H]7CC[C@]7(C)[C@@H]([C@H](C)CCC(=O)O)CC[C@@H]67)C5)CC[C@]4(C)[C@H]3CC[C@]12C. The fourth-order valence-corrected chi connectivity index (χ4v) is 33.6. The third kappa shape index (κ3) is 19.3. The Morgan fingerprint density at radius 1 is 0.342 bits per heavy atom. The number of carboxylic acids is 3. The highest BCUT2D eigenvalue weighted by molar-refractivity contribution is 5.90. The molecule has 13 saturated carbocycles. The summed E-state index contributed by atoms with van der Waals surface area (Å²) in [5.41, 5.74) is -2.07. The molecule has 0 radical (unpaired) electrons. The van der Waals surface area contributed by atoms with E-state index in [2.05, 4.69) is 78.3 Å². The molecule has 120 heavy (non-hydrogen) atoms. The van der Waals surface area contributed by atoms with E-state index in [9.17, 15) is 59.4 Å². The van der Waals surface area contributed by atoms with E-state index < -0.39 is 34.2 Å². The van der Waals surface area contributed by atoms with Crippen LogP contribution in [0.2, 0.25) is 0 Å². The summed E-state index contributed by atoms with van der Waals surface area (Å²) < 4.78 is 20.0. The first-order chi connectivity index (χ1) is 56.9. The summed E-state index contributed by atoms with van der Waals surface area (Å²) in [6.07, 6.45) is 41.1. The van der Waals surface area contributed by atoms with Gasteiger partial charge in [0.25, 0.3) is 0 Å². The number of hydrogen-bond donors (Lipinski definition) is 9. The summed E-state index contributed by atoms with van der Waals surface area (Å²) in [6.45, 7) is 31.3. The molecule has 0 spiro atoms. The quantitative estimate of drug-likeness (QED) is 0.0259. The summed E-state index contributed by atoms with van der Waals surface area (Å²) in [5.74, 6) is 5.91. The number of amides is 3. The summed E-state index contributed by atoms with van der Waals surface area (Å²) in [4.78, 5) is 78.9.